The number of hydrogen-bond donors (Lipinski definition) is 2. The molecular weight excluding hydrogens is 276 g/mol. The van der Waals surface area contributed by atoms with Crippen LogP contribution in [-0.2, 0) is 10.0 Å². The topological polar surface area (TPSA) is 66.4 Å². The Hall–Kier alpha value is -2.15. The third-order valence-electron chi connectivity index (χ3n) is 2.33. The van der Waals surface area contributed by atoms with Gasteiger partial charge in [-0.15, -0.1) is 0 Å². The first-order valence-electron chi connectivity index (χ1n) is 5.16. The zero-order valence-electron chi connectivity index (χ0n) is 9.47. The molecule has 0 radical (unpaired) electrons. The van der Waals surface area contributed by atoms with E-state index in [0.29, 0.717) is 6.07 Å². The number of nitrogens with one attached hydrogen (secondary N) is 1. The molecule has 4 nitrogen and oxygen atoms in total. The highest BCUT2D eigenvalue weighted by Crippen LogP contribution is 2.25. The van der Waals surface area contributed by atoms with Gasteiger partial charge in [-0.1, -0.05) is 12.1 Å². The lowest BCUT2D eigenvalue weighted by Crippen LogP contribution is -2.14. The van der Waals surface area contributed by atoms with Crippen molar-refractivity contribution in [2.75, 3.05) is 4.72 Å². The van der Waals surface area contributed by atoms with E-state index in [9.17, 15) is 22.3 Å². The second-order valence-electron chi connectivity index (χ2n) is 3.70. The van der Waals surface area contributed by atoms with Crippen LogP contribution in [0.5, 0.6) is 5.75 Å². The van der Waals surface area contributed by atoms with E-state index in [-0.39, 0.29) is 0 Å². The first kappa shape index (κ1) is 13.3. The van der Waals surface area contributed by atoms with Crippen molar-refractivity contribution in [3.8, 4) is 5.75 Å². The number of rotatable bonds is 3. The minimum Gasteiger partial charge on any atom is -0.507 e. The summed E-state index contributed by atoms with van der Waals surface area (Å²) in [6.45, 7) is 0. The smallest absolute Gasteiger partial charge is 0.265 e. The summed E-state index contributed by atoms with van der Waals surface area (Å²) < 4.78 is 52.0. The molecule has 19 heavy (non-hydrogen) atoms. The third kappa shape index (κ3) is 2.82. The number of benzene rings is 2. The Morgan fingerprint density at radius 2 is 1.74 bits per heavy atom. The molecule has 2 aromatic carbocycles. The van der Waals surface area contributed by atoms with Crippen LogP contribution < -0.4 is 4.72 Å². The van der Waals surface area contributed by atoms with Gasteiger partial charge in [0.05, 0.1) is 5.69 Å². The number of para-hydroxylation sites is 1. The lowest BCUT2D eigenvalue weighted by Gasteiger charge is -2.10. The molecule has 2 aromatic rings. The van der Waals surface area contributed by atoms with E-state index < -0.39 is 38.0 Å². The normalized spacial score (nSPS) is 11.3. The molecule has 0 saturated carbocycles. The maximum atomic E-state index is 13.4. The van der Waals surface area contributed by atoms with Crippen LogP contribution in [0.25, 0.3) is 0 Å². The first-order valence-corrected chi connectivity index (χ1v) is 6.64. The van der Waals surface area contributed by atoms with E-state index in [1.807, 2.05) is 4.72 Å². The molecule has 0 unspecified atom stereocenters. The number of sulfonamides is 1. The molecule has 7 heteroatoms. The van der Waals surface area contributed by atoms with Gasteiger partial charge in [0.15, 0.2) is 0 Å². The molecule has 0 heterocycles. The Morgan fingerprint density at radius 1 is 1.05 bits per heavy atom. The summed E-state index contributed by atoms with van der Waals surface area (Å²) in [4.78, 5) is -0.418. The highest BCUT2D eigenvalue weighted by atomic mass is 32.2. The van der Waals surface area contributed by atoms with Gasteiger partial charge < -0.3 is 5.11 Å². The molecule has 0 fully saturated rings. The van der Waals surface area contributed by atoms with E-state index in [4.69, 9.17) is 0 Å². The summed E-state index contributed by atoms with van der Waals surface area (Å²) >= 11 is 0. The van der Waals surface area contributed by atoms with Crippen molar-refractivity contribution in [3.05, 3.63) is 54.1 Å². The van der Waals surface area contributed by atoms with Crippen molar-refractivity contribution in [2.24, 2.45) is 0 Å². The van der Waals surface area contributed by atoms with Gasteiger partial charge in [-0.2, -0.15) is 0 Å². The predicted octanol–water partition coefficient (Wildman–Crippen LogP) is 2.47. The van der Waals surface area contributed by atoms with Crippen molar-refractivity contribution >= 4 is 15.7 Å². The summed E-state index contributed by atoms with van der Waals surface area (Å²) in [5, 5.41) is 9.46. The molecule has 2 rings (SSSR count). The summed E-state index contributed by atoms with van der Waals surface area (Å²) in [5.41, 5.74) is -0.525. The molecule has 0 aromatic heterocycles. The van der Waals surface area contributed by atoms with Gasteiger partial charge in [-0.3, -0.25) is 4.72 Å². The standard InChI is InChI=1S/C12H9F2NO3S/c13-8-5-6-9(14)10(7-8)15-19(17,18)12-4-2-1-3-11(12)16/h1-7,15-16H. The molecule has 0 aliphatic carbocycles. The van der Waals surface area contributed by atoms with Crippen LogP contribution in [0, 0.1) is 11.6 Å². The highest BCUT2D eigenvalue weighted by Gasteiger charge is 2.19. The Bertz CT molecular complexity index is 717. The average Bonchev–Trinajstić information content (AvgIpc) is 2.34. The van der Waals surface area contributed by atoms with Crippen LogP contribution in [0.1, 0.15) is 0 Å². The van der Waals surface area contributed by atoms with E-state index in [1.54, 1.807) is 0 Å². The summed E-state index contributed by atoms with van der Waals surface area (Å²) in [6, 6.07) is 7.55. The second kappa shape index (κ2) is 4.85. The zero-order chi connectivity index (χ0) is 14.0. The largest absolute Gasteiger partial charge is 0.507 e. The number of anilines is 1. The van der Waals surface area contributed by atoms with Gasteiger partial charge >= 0.3 is 0 Å². The Morgan fingerprint density at radius 3 is 2.42 bits per heavy atom. The van der Waals surface area contributed by atoms with Gasteiger partial charge in [-0.05, 0) is 24.3 Å². The van der Waals surface area contributed by atoms with Crippen LogP contribution in [0.2, 0.25) is 0 Å². The molecular formula is C12H9F2NO3S. The van der Waals surface area contributed by atoms with E-state index in [1.165, 1.54) is 18.2 Å². The molecule has 0 aliphatic heterocycles. The van der Waals surface area contributed by atoms with Crippen molar-refractivity contribution in [1.29, 1.82) is 0 Å². The Kier molecular flexibility index (Phi) is 3.39. The number of halogens is 2. The molecule has 0 spiro atoms. The van der Waals surface area contributed by atoms with Crippen LogP contribution >= 0.6 is 0 Å². The third-order valence-corrected chi connectivity index (χ3v) is 3.74. The zero-order valence-corrected chi connectivity index (χ0v) is 10.3. The maximum Gasteiger partial charge on any atom is 0.265 e. The highest BCUT2D eigenvalue weighted by molar-refractivity contribution is 7.92. The van der Waals surface area contributed by atoms with E-state index >= 15 is 0 Å². The van der Waals surface area contributed by atoms with E-state index in [2.05, 4.69) is 0 Å². The van der Waals surface area contributed by atoms with Crippen molar-refractivity contribution < 1.29 is 22.3 Å². The lowest BCUT2D eigenvalue weighted by atomic mass is 10.3. The summed E-state index contributed by atoms with van der Waals surface area (Å²) in [6.07, 6.45) is 0. The number of hydrogen-bond acceptors (Lipinski definition) is 3. The average molecular weight is 285 g/mol. The summed E-state index contributed by atoms with van der Waals surface area (Å²) in [5.74, 6) is -2.18. The minimum absolute atomic E-state index is 0.418. The van der Waals surface area contributed by atoms with Crippen LogP contribution in [0.4, 0.5) is 14.5 Å². The summed E-state index contributed by atoms with van der Waals surface area (Å²) in [7, 11) is -4.19. The van der Waals surface area contributed by atoms with Crippen molar-refractivity contribution in [2.45, 2.75) is 4.90 Å². The lowest BCUT2D eigenvalue weighted by molar-refractivity contribution is 0.459. The quantitative estimate of drug-likeness (QED) is 0.910. The van der Waals surface area contributed by atoms with E-state index in [0.717, 1.165) is 18.2 Å². The monoisotopic (exact) mass is 285 g/mol. The molecule has 0 amide bonds. The SMILES string of the molecule is O=S(=O)(Nc1cc(F)ccc1F)c1ccccc1O. The fourth-order valence-corrected chi connectivity index (χ4v) is 2.62. The Balaban J connectivity index is 2.43. The van der Waals surface area contributed by atoms with Crippen molar-refractivity contribution in [1.82, 2.24) is 0 Å². The molecule has 0 saturated heterocycles. The molecule has 2 N–H and O–H groups in total. The number of phenols is 1. The molecule has 0 aliphatic rings. The maximum absolute atomic E-state index is 13.4. The first-order chi connectivity index (χ1) is 8.90. The van der Waals surface area contributed by atoms with Gasteiger partial charge in [-0.25, -0.2) is 17.2 Å². The Labute approximate surface area is 108 Å². The van der Waals surface area contributed by atoms with Gasteiger partial charge in [0.1, 0.15) is 22.3 Å². The van der Waals surface area contributed by atoms with Crippen LogP contribution in [0.3, 0.4) is 0 Å². The van der Waals surface area contributed by atoms with Crippen LogP contribution in [0.15, 0.2) is 47.4 Å². The molecule has 100 valence electrons. The number of aromatic hydroxyl groups is 1. The fraction of sp³-hybridized carbons (Fsp3) is 0. The van der Waals surface area contributed by atoms with Gasteiger partial charge in [0.2, 0.25) is 0 Å². The predicted molar refractivity (Wildman–Crippen MR) is 65.3 cm³/mol. The van der Waals surface area contributed by atoms with Gasteiger partial charge in [0, 0.05) is 6.07 Å². The minimum atomic E-state index is -4.19. The molecule has 0 atom stereocenters. The molecule has 0 bridgehead atoms. The van der Waals surface area contributed by atoms with Crippen molar-refractivity contribution in [3.63, 3.8) is 0 Å². The van der Waals surface area contributed by atoms with Crippen LogP contribution in [-0.4, -0.2) is 13.5 Å². The van der Waals surface area contributed by atoms with Gasteiger partial charge in [0.25, 0.3) is 10.0 Å². The fourth-order valence-electron chi connectivity index (χ4n) is 1.46. The second-order valence-corrected chi connectivity index (χ2v) is 5.35. The number of phenolic OH excluding ortho intramolecular Hbond substituents is 1.